The van der Waals surface area contributed by atoms with Gasteiger partial charge in [0.2, 0.25) is 0 Å². The number of nitro groups is 1. The quantitative estimate of drug-likeness (QED) is 0.644. The maximum Gasteiger partial charge on any atom is 0.274 e. The molecule has 110 valence electrons. The molecule has 0 amide bonds. The van der Waals surface area contributed by atoms with Crippen molar-refractivity contribution in [3.05, 3.63) is 64.0 Å². The number of anilines is 1. The molecular formula is C15H15FN2O3. The smallest absolute Gasteiger partial charge is 0.274 e. The number of rotatable bonds is 5. The molecule has 0 bridgehead atoms. The minimum Gasteiger partial charge on any atom is -0.508 e. The zero-order valence-corrected chi connectivity index (χ0v) is 11.4. The molecule has 0 saturated carbocycles. The summed E-state index contributed by atoms with van der Waals surface area (Å²) in [4.78, 5) is 10.1. The molecule has 0 radical (unpaired) electrons. The van der Waals surface area contributed by atoms with E-state index in [-0.39, 0.29) is 17.5 Å². The number of nitrogens with zero attached hydrogens (tertiary/aromatic N) is 1. The monoisotopic (exact) mass is 290 g/mol. The maximum atomic E-state index is 13.4. The summed E-state index contributed by atoms with van der Waals surface area (Å²) in [6.45, 7) is 1.94. The predicted molar refractivity (Wildman–Crippen MR) is 77.8 cm³/mol. The molecule has 0 saturated heterocycles. The molecule has 2 N–H and O–H groups in total. The van der Waals surface area contributed by atoms with E-state index in [4.69, 9.17) is 0 Å². The van der Waals surface area contributed by atoms with Crippen LogP contribution in [-0.4, -0.2) is 10.0 Å². The van der Waals surface area contributed by atoms with Gasteiger partial charge in [0, 0.05) is 11.8 Å². The summed E-state index contributed by atoms with van der Waals surface area (Å²) in [5, 5.41) is 23.1. The standard InChI is InChI=1S/C15H15FN2O3/c1-2-15(10-3-5-14(19)6-4-10)17-12-7-11(16)8-13(9-12)18(20)21/h3-9,15,17,19H,2H2,1H3. The van der Waals surface area contributed by atoms with E-state index < -0.39 is 10.7 Å². The Balaban J connectivity index is 2.26. The second-order valence-electron chi connectivity index (χ2n) is 4.65. The molecule has 0 aliphatic carbocycles. The Morgan fingerprint density at radius 2 is 1.95 bits per heavy atom. The van der Waals surface area contributed by atoms with Crippen LogP contribution in [0.25, 0.3) is 0 Å². The van der Waals surface area contributed by atoms with Crippen molar-refractivity contribution in [3.8, 4) is 5.75 Å². The molecular weight excluding hydrogens is 275 g/mol. The molecule has 0 aromatic heterocycles. The first-order chi connectivity index (χ1) is 9.99. The SMILES string of the molecule is CCC(Nc1cc(F)cc([N+](=O)[O-])c1)c1ccc(O)cc1. The second kappa shape index (κ2) is 6.21. The summed E-state index contributed by atoms with van der Waals surface area (Å²) in [6.07, 6.45) is 0.703. The lowest BCUT2D eigenvalue weighted by molar-refractivity contribution is -0.385. The van der Waals surface area contributed by atoms with Crippen LogP contribution in [-0.2, 0) is 0 Å². The largest absolute Gasteiger partial charge is 0.508 e. The summed E-state index contributed by atoms with van der Waals surface area (Å²) in [5.74, 6) is -0.498. The molecule has 2 aromatic carbocycles. The molecule has 0 spiro atoms. The van der Waals surface area contributed by atoms with Gasteiger partial charge in [0.1, 0.15) is 11.6 Å². The van der Waals surface area contributed by atoms with Crippen molar-refractivity contribution in [1.82, 2.24) is 0 Å². The molecule has 0 heterocycles. The number of nitro benzene ring substituents is 1. The van der Waals surface area contributed by atoms with E-state index in [1.165, 1.54) is 12.1 Å². The highest BCUT2D eigenvalue weighted by Crippen LogP contribution is 2.27. The lowest BCUT2D eigenvalue weighted by Gasteiger charge is -2.19. The fraction of sp³-hybridized carbons (Fsp3) is 0.200. The summed E-state index contributed by atoms with van der Waals surface area (Å²) in [6, 6.07) is 9.90. The van der Waals surface area contributed by atoms with E-state index in [0.29, 0.717) is 12.1 Å². The van der Waals surface area contributed by atoms with Crippen LogP contribution in [0.2, 0.25) is 0 Å². The first-order valence-corrected chi connectivity index (χ1v) is 6.50. The molecule has 5 nitrogen and oxygen atoms in total. The molecule has 6 heteroatoms. The van der Waals surface area contributed by atoms with E-state index >= 15 is 0 Å². The van der Waals surface area contributed by atoms with Gasteiger partial charge in [0.15, 0.2) is 0 Å². The lowest BCUT2D eigenvalue weighted by Crippen LogP contribution is -2.10. The Hall–Kier alpha value is -2.63. The van der Waals surface area contributed by atoms with Crippen LogP contribution in [0.5, 0.6) is 5.75 Å². The van der Waals surface area contributed by atoms with Crippen LogP contribution in [0.1, 0.15) is 24.9 Å². The van der Waals surface area contributed by atoms with E-state index in [0.717, 1.165) is 11.6 Å². The van der Waals surface area contributed by atoms with Crippen LogP contribution in [0, 0.1) is 15.9 Å². The third kappa shape index (κ3) is 3.68. The third-order valence-electron chi connectivity index (χ3n) is 3.14. The van der Waals surface area contributed by atoms with Crippen LogP contribution in [0.4, 0.5) is 15.8 Å². The highest BCUT2D eigenvalue weighted by molar-refractivity contribution is 5.53. The molecule has 21 heavy (non-hydrogen) atoms. The highest BCUT2D eigenvalue weighted by Gasteiger charge is 2.14. The summed E-state index contributed by atoms with van der Waals surface area (Å²) in [5.41, 5.74) is 0.960. The van der Waals surface area contributed by atoms with Crippen molar-refractivity contribution in [2.24, 2.45) is 0 Å². The molecule has 0 aliphatic heterocycles. The number of hydrogen-bond donors (Lipinski definition) is 2. The maximum absolute atomic E-state index is 13.4. The van der Waals surface area contributed by atoms with Crippen molar-refractivity contribution in [2.45, 2.75) is 19.4 Å². The van der Waals surface area contributed by atoms with Gasteiger partial charge in [0.05, 0.1) is 17.0 Å². The van der Waals surface area contributed by atoms with Crippen molar-refractivity contribution in [2.75, 3.05) is 5.32 Å². The van der Waals surface area contributed by atoms with Gasteiger partial charge in [-0.15, -0.1) is 0 Å². The zero-order chi connectivity index (χ0) is 15.4. The van der Waals surface area contributed by atoms with Crippen LogP contribution < -0.4 is 5.32 Å². The number of phenolic OH excluding ortho intramolecular Hbond substituents is 1. The molecule has 1 unspecified atom stereocenters. The van der Waals surface area contributed by atoms with Gasteiger partial charge in [-0.1, -0.05) is 19.1 Å². The third-order valence-corrected chi connectivity index (χ3v) is 3.14. The topological polar surface area (TPSA) is 75.4 Å². The Bertz CT molecular complexity index is 644. The van der Waals surface area contributed by atoms with Crippen molar-refractivity contribution in [3.63, 3.8) is 0 Å². The summed E-state index contributed by atoms with van der Waals surface area (Å²) >= 11 is 0. The van der Waals surface area contributed by atoms with Gasteiger partial charge < -0.3 is 10.4 Å². The minimum atomic E-state index is -0.660. The van der Waals surface area contributed by atoms with Gasteiger partial charge in [0.25, 0.3) is 5.69 Å². The number of phenols is 1. The zero-order valence-electron chi connectivity index (χ0n) is 11.4. The summed E-state index contributed by atoms with van der Waals surface area (Å²) < 4.78 is 13.4. The minimum absolute atomic E-state index is 0.132. The molecule has 2 aromatic rings. The Morgan fingerprint density at radius 1 is 1.29 bits per heavy atom. The lowest BCUT2D eigenvalue weighted by atomic mass is 10.0. The van der Waals surface area contributed by atoms with Crippen molar-refractivity contribution >= 4 is 11.4 Å². The average molecular weight is 290 g/mol. The molecule has 0 fully saturated rings. The number of benzene rings is 2. The van der Waals surface area contributed by atoms with Crippen LogP contribution in [0.3, 0.4) is 0 Å². The van der Waals surface area contributed by atoms with E-state index in [1.807, 2.05) is 6.92 Å². The highest BCUT2D eigenvalue weighted by atomic mass is 19.1. The van der Waals surface area contributed by atoms with Crippen LogP contribution >= 0.6 is 0 Å². The fourth-order valence-electron chi connectivity index (χ4n) is 2.09. The fourth-order valence-corrected chi connectivity index (χ4v) is 2.09. The molecule has 2 rings (SSSR count). The number of aromatic hydroxyl groups is 1. The normalized spacial score (nSPS) is 11.9. The van der Waals surface area contributed by atoms with Crippen LogP contribution in [0.15, 0.2) is 42.5 Å². The van der Waals surface area contributed by atoms with Gasteiger partial charge in [-0.25, -0.2) is 4.39 Å². The van der Waals surface area contributed by atoms with Gasteiger partial charge in [-0.3, -0.25) is 10.1 Å². The second-order valence-corrected chi connectivity index (χ2v) is 4.65. The van der Waals surface area contributed by atoms with E-state index in [1.54, 1.807) is 24.3 Å². The van der Waals surface area contributed by atoms with Gasteiger partial charge >= 0.3 is 0 Å². The predicted octanol–water partition coefficient (Wildman–Crippen LogP) is 4.00. The number of hydrogen-bond acceptors (Lipinski definition) is 4. The molecule has 0 aliphatic rings. The van der Waals surface area contributed by atoms with E-state index in [2.05, 4.69) is 5.32 Å². The Kier molecular flexibility index (Phi) is 4.37. The number of nitrogens with one attached hydrogen (secondary N) is 1. The number of non-ortho nitro benzene ring substituents is 1. The van der Waals surface area contributed by atoms with E-state index in [9.17, 15) is 19.6 Å². The Morgan fingerprint density at radius 3 is 2.52 bits per heavy atom. The van der Waals surface area contributed by atoms with Crippen molar-refractivity contribution < 1.29 is 14.4 Å². The van der Waals surface area contributed by atoms with Crippen molar-refractivity contribution in [1.29, 1.82) is 0 Å². The summed E-state index contributed by atoms with van der Waals surface area (Å²) in [7, 11) is 0. The van der Waals surface area contributed by atoms with Gasteiger partial charge in [-0.2, -0.15) is 0 Å². The van der Waals surface area contributed by atoms with Gasteiger partial charge in [-0.05, 0) is 30.2 Å². The first-order valence-electron chi connectivity index (χ1n) is 6.50. The molecule has 1 atom stereocenters. The average Bonchev–Trinajstić information content (AvgIpc) is 2.45. The first kappa shape index (κ1) is 14.8. The Labute approximate surface area is 121 Å². The number of halogens is 1.